The lowest BCUT2D eigenvalue weighted by atomic mass is 9.49. The average molecular weight is 419 g/mol. The maximum Gasteiger partial charge on any atom is 0.239 e. The molecule has 4 aliphatic rings. The van der Waals surface area contributed by atoms with Crippen LogP contribution in [0.3, 0.4) is 0 Å². The topological polar surface area (TPSA) is 58.2 Å². The number of rotatable bonds is 5. The molecule has 5 heteroatoms. The van der Waals surface area contributed by atoms with Crippen LogP contribution in [0, 0.1) is 23.2 Å². The molecule has 0 heterocycles. The second kappa shape index (κ2) is 6.99. The van der Waals surface area contributed by atoms with Gasteiger partial charge in [-0.25, -0.2) is 0 Å². The molecular weight excluding hydrogens is 392 g/mol. The zero-order chi connectivity index (χ0) is 18.3. The van der Waals surface area contributed by atoms with Crippen LogP contribution in [0.5, 0.6) is 0 Å². The first-order valence-electron chi connectivity index (χ1n) is 9.77. The van der Waals surface area contributed by atoms with Gasteiger partial charge in [-0.2, -0.15) is 0 Å². The number of halogens is 1. The Morgan fingerprint density at radius 3 is 2.27 bits per heavy atom. The molecule has 4 aliphatic carbocycles. The summed E-state index contributed by atoms with van der Waals surface area (Å²) in [5.41, 5.74) is 0.844. The average Bonchev–Trinajstić information content (AvgIpc) is 2.58. The van der Waals surface area contributed by atoms with Gasteiger partial charge >= 0.3 is 0 Å². The molecule has 0 radical (unpaired) electrons. The van der Waals surface area contributed by atoms with Gasteiger partial charge in [-0.15, -0.1) is 0 Å². The molecule has 5 rings (SSSR count). The van der Waals surface area contributed by atoms with Crippen molar-refractivity contribution in [3.63, 3.8) is 0 Å². The van der Waals surface area contributed by atoms with Crippen molar-refractivity contribution in [2.45, 2.75) is 51.5 Å². The summed E-state index contributed by atoms with van der Waals surface area (Å²) in [7, 11) is 0. The van der Waals surface area contributed by atoms with Gasteiger partial charge in [0, 0.05) is 9.89 Å². The lowest BCUT2D eigenvalue weighted by Gasteiger charge is -2.55. The number of nitrogens with one attached hydrogen (secondary N) is 2. The summed E-state index contributed by atoms with van der Waals surface area (Å²) in [5, 5.41) is 5.93. The number of hydrogen-bond acceptors (Lipinski definition) is 2. The lowest BCUT2D eigenvalue weighted by molar-refractivity contribution is -0.147. The quantitative estimate of drug-likeness (QED) is 0.759. The molecule has 1 unspecified atom stereocenters. The largest absolute Gasteiger partial charge is 0.348 e. The summed E-state index contributed by atoms with van der Waals surface area (Å²) in [6.07, 6.45) is 7.03. The minimum atomic E-state index is -0.191. The van der Waals surface area contributed by atoms with Crippen LogP contribution in [0.1, 0.15) is 57.1 Å². The Kier molecular flexibility index (Phi) is 4.84. The third-order valence-electron chi connectivity index (χ3n) is 6.68. The van der Waals surface area contributed by atoms with E-state index in [1.807, 2.05) is 31.2 Å². The van der Waals surface area contributed by atoms with Crippen LogP contribution in [0.2, 0.25) is 0 Å². The molecule has 1 aromatic carbocycles. The first-order valence-corrected chi connectivity index (χ1v) is 10.6. The Bertz CT molecular complexity index is 682. The summed E-state index contributed by atoms with van der Waals surface area (Å²) in [5.74, 6) is 2.18. The van der Waals surface area contributed by atoms with Gasteiger partial charge in [0.25, 0.3) is 0 Å². The third-order valence-corrected chi connectivity index (χ3v) is 7.40. The van der Waals surface area contributed by atoms with Crippen molar-refractivity contribution >= 4 is 27.7 Å². The van der Waals surface area contributed by atoms with Crippen LogP contribution in [-0.4, -0.2) is 18.4 Å². The summed E-state index contributed by atoms with van der Waals surface area (Å²) in [6.45, 7) is 2.02. The fraction of sp³-hybridized carbons (Fsp3) is 0.619. The summed E-state index contributed by atoms with van der Waals surface area (Å²) in [4.78, 5) is 25.2. The molecule has 0 spiro atoms. The van der Waals surface area contributed by atoms with Crippen molar-refractivity contribution in [3.05, 3.63) is 34.3 Å². The minimum Gasteiger partial charge on any atom is -0.348 e. The van der Waals surface area contributed by atoms with Gasteiger partial charge in [0.15, 0.2) is 0 Å². The van der Waals surface area contributed by atoms with Crippen molar-refractivity contribution in [2.75, 3.05) is 6.54 Å². The highest BCUT2D eigenvalue weighted by Crippen LogP contribution is 2.60. The van der Waals surface area contributed by atoms with Gasteiger partial charge in [-0.05, 0) is 74.8 Å². The predicted octanol–water partition coefficient (Wildman–Crippen LogP) is 3.96. The minimum absolute atomic E-state index is 0.0649. The fourth-order valence-corrected chi connectivity index (χ4v) is 6.56. The molecule has 0 aromatic heterocycles. The van der Waals surface area contributed by atoms with Gasteiger partial charge in [0.2, 0.25) is 11.8 Å². The van der Waals surface area contributed by atoms with Crippen LogP contribution >= 0.6 is 15.9 Å². The molecule has 4 fully saturated rings. The second-order valence-electron chi connectivity index (χ2n) is 8.69. The summed E-state index contributed by atoms with van der Waals surface area (Å²) >= 11 is 3.52. The normalized spacial score (nSPS) is 32.9. The van der Waals surface area contributed by atoms with Crippen molar-refractivity contribution in [3.8, 4) is 0 Å². The van der Waals surface area contributed by atoms with E-state index in [0.29, 0.717) is 0 Å². The van der Waals surface area contributed by atoms with Crippen LogP contribution in [0.25, 0.3) is 0 Å². The van der Waals surface area contributed by atoms with Gasteiger partial charge in [-0.1, -0.05) is 34.1 Å². The van der Waals surface area contributed by atoms with E-state index in [-0.39, 0.29) is 29.8 Å². The van der Waals surface area contributed by atoms with E-state index in [4.69, 9.17) is 0 Å². The molecule has 1 aromatic rings. The SMILES string of the molecule is CC(NC(=O)CNC(=O)C12CC3CC(CC(C3)C1)C2)c1ccccc1Br. The van der Waals surface area contributed by atoms with E-state index < -0.39 is 0 Å². The lowest BCUT2D eigenvalue weighted by Crippen LogP contribution is -2.54. The smallest absolute Gasteiger partial charge is 0.239 e. The van der Waals surface area contributed by atoms with Crippen molar-refractivity contribution in [2.24, 2.45) is 23.2 Å². The third kappa shape index (κ3) is 3.42. The molecule has 2 N–H and O–H groups in total. The highest BCUT2D eigenvalue weighted by Gasteiger charge is 2.54. The number of carbonyl (C=O) groups excluding carboxylic acids is 2. The zero-order valence-corrected chi connectivity index (χ0v) is 16.8. The molecule has 1 atom stereocenters. The highest BCUT2D eigenvalue weighted by atomic mass is 79.9. The molecule has 4 saturated carbocycles. The van der Waals surface area contributed by atoms with Crippen LogP contribution in [0.15, 0.2) is 28.7 Å². The maximum atomic E-state index is 12.9. The second-order valence-corrected chi connectivity index (χ2v) is 9.55. The van der Waals surface area contributed by atoms with Crippen LogP contribution in [0.4, 0.5) is 0 Å². The first-order chi connectivity index (χ1) is 12.4. The monoisotopic (exact) mass is 418 g/mol. The zero-order valence-electron chi connectivity index (χ0n) is 15.3. The number of amides is 2. The molecule has 4 bridgehead atoms. The van der Waals surface area contributed by atoms with Gasteiger partial charge in [0.1, 0.15) is 0 Å². The number of carbonyl (C=O) groups is 2. The van der Waals surface area contributed by atoms with Crippen LogP contribution in [-0.2, 0) is 9.59 Å². The van der Waals surface area contributed by atoms with Gasteiger partial charge < -0.3 is 10.6 Å². The summed E-state index contributed by atoms with van der Waals surface area (Å²) in [6, 6.07) is 7.76. The van der Waals surface area contributed by atoms with E-state index in [1.165, 1.54) is 19.3 Å². The molecule has 0 saturated heterocycles. The number of benzene rings is 1. The Morgan fingerprint density at radius 1 is 1.12 bits per heavy atom. The molecule has 140 valence electrons. The van der Waals surface area contributed by atoms with Crippen molar-refractivity contribution in [1.82, 2.24) is 10.6 Å². The molecular formula is C21H27BrN2O2. The fourth-order valence-electron chi connectivity index (χ4n) is 5.93. The molecule has 4 nitrogen and oxygen atoms in total. The van der Waals surface area contributed by atoms with Gasteiger partial charge in [-0.3, -0.25) is 9.59 Å². The van der Waals surface area contributed by atoms with Gasteiger partial charge in [0.05, 0.1) is 12.6 Å². The van der Waals surface area contributed by atoms with E-state index >= 15 is 0 Å². The van der Waals surface area contributed by atoms with E-state index in [0.717, 1.165) is 47.1 Å². The standard InChI is InChI=1S/C21H27BrN2O2/c1-13(17-4-2-3-5-18(17)22)24-19(25)12-23-20(26)21-9-14-6-15(10-21)8-16(7-14)11-21/h2-5,13-16H,6-12H2,1H3,(H,23,26)(H,24,25). The first kappa shape index (κ1) is 18.0. The van der Waals surface area contributed by atoms with Crippen LogP contribution < -0.4 is 10.6 Å². The molecule has 0 aliphatic heterocycles. The maximum absolute atomic E-state index is 12.9. The molecule has 26 heavy (non-hydrogen) atoms. The predicted molar refractivity (Wildman–Crippen MR) is 104 cm³/mol. The molecule has 2 amide bonds. The Labute approximate surface area is 163 Å². The summed E-state index contributed by atoms with van der Waals surface area (Å²) < 4.78 is 0.977. The van der Waals surface area contributed by atoms with E-state index in [9.17, 15) is 9.59 Å². The van der Waals surface area contributed by atoms with E-state index in [1.54, 1.807) is 0 Å². The Hall–Kier alpha value is -1.36. The highest BCUT2D eigenvalue weighted by molar-refractivity contribution is 9.10. The number of hydrogen-bond donors (Lipinski definition) is 2. The van der Waals surface area contributed by atoms with E-state index in [2.05, 4.69) is 26.6 Å². The van der Waals surface area contributed by atoms with Crippen molar-refractivity contribution < 1.29 is 9.59 Å². The Morgan fingerprint density at radius 2 is 1.69 bits per heavy atom. The Balaban J connectivity index is 1.32. The van der Waals surface area contributed by atoms with Crippen molar-refractivity contribution in [1.29, 1.82) is 0 Å².